The minimum Gasteiger partial charge on any atom is -0.246 e. The van der Waals surface area contributed by atoms with Gasteiger partial charge in [-0.2, -0.15) is 5.26 Å². The summed E-state index contributed by atoms with van der Waals surface area (Å²) in [7, 11) is 0. The molecule has 7 aromatic carbocycles. The van der Waals surface area contributed by atoms with Crippen LogP contribution in [0.25, 0.3) is 76.7 Å². The molecule has 8 rings (SSSR count). The average Bonchev–Trinajstić information content (AvgIpc) is 3.07. The lowest BCUT2D eigenvalue weighted by molar-refractivity contribution is 1.48. The van der Waals surface area contributed by atoms with Gasteiger partial charge in [0.2, 0.25) is 0 Å². The highest BCUT2D eigenvalue weighted by atomic mass is 14.7. The van der Waals surface area contributed by atoms with E-state index in [4.69, 9.17) is 4.98 Å². The fourth-order valence-corrected chi connectivity index (χ4v) is 6.18. The molecule has 2 nitrogen and oxygen atoms in total. The first-order valence-corrected chi connectivity index (χ1v) is 14.1. The quantitative estimate of drug-likeness (QED) is 0.168. The van der Waals surface area contributed by atoms with Crippen molar-refractivity contribution in [2.24, 2.45) is 0 Å². The van der Waals surface area contributed by atoms with Crippen LogP contribution in [-0.2, 0) is 0 Å². The van der Waals surface area contributed by atoms with E-state index in [2.05, 4.69) is 127 Å². The van der Waals surface area contributed by atoms with Gasteiger partial charge in [-0.05, 0) is 50.7 Å². The van der Waals surface area contributed by atoms with E-state index in [1.165, 1.54) is 32.7 Å². The summed E-state index contributed by atoms with van der Waals surface area (Å²) in [6.45, 7) is 0. The molecule has 0 N–H and O–H groups in total. The summed E-state index contributed by atoms with van der Waals surface area (Å²) in [5.41, 5.74) is 9.59. The Balaban J connectivity index is 1.28. The smallest absolute Gasteiger partial charge is 0.0991 e. The van der Waals surface area contributed by atoms with Gasteiger partial charge in [0.1, 0.15) is 0 Å². The Bertz CT molecular complexity index is 2250. The zero-order chi connectivity index (χ0) is 28.0. The highest BCUT2D eigenvalue weighted by Gasteiger charge is 2.15. The Hall–Kier alpha value is -5.78. The fourth-order valence-electron chi connectivity index (χ4n) is 6.18. The van der Waals surface area contributed by atoms with Crippen molar-refractivity contribution in [2.45, 2.75) is 0 Å². The van der Waals surface area contributed by atoms with Crippen molar-refractivity contribution in [3.05, 3.63) is 151 Å². The van der Waals surface area contributed by atoms with Crippen molar-refractivity contribution in [3.8, 4) is 39.4 Å². The molecule has 1 aromatic heterocycles. The van der Waals surface area contributed by atoms with Crippen LogP contribution in [0.1, 0.15) is 5.56 Å². The normalized spacial score (nSPS) is 11.3. The Labute approximate surface area is 243 Å². The lowest BCUT2D eigenvalue weighted by Crippen LogP contribution is -1.92. The van der Waals surface area contributed by atoms with Gasteiger partial charge >= 0.3 is 0 Å². The van der Waals surface area contributed by atoms with Gasteiger partial charge in [0, 0.05) is 27.1 Å². The molecule has 0 saturated carbocycles. The standard InChI is InChI=1S/C40H24N2/c41-25-26-6-5-9-33(24-26)29-14-12-27(13-15-29)28-16-18-32(19-17-28)38-36-22-20-30-7-1-3-10-34(30)39(36)42-40-35-11-4-2-8-31(35)21-23-37(38)40/h1-24H. The molecule has 0 radical (unpaired) electrons. The summed E-state index contributed by atoms with van der Waals surface area (Å²) in [5, 5.41) is 16.3. The minimum atomic E-state index is 0.671. The third-order valence-electron chi connectivity index (χ3n) is 8.28. The van der Waals surface area contributed by atoms with E-state index in [0.717, 1.165) is 44.1 Å². The van der Waals surface area contributed by atoms with Crippen molar-refractivity contribution in [3.63, 3.8) is 0 Å². The third kappa shape index (κ3) is 3.91. The lowest BCUT2D eigenvalue weighted by atomic mass is 9.91. The van der Waals surface area contributed by atoms with Gasteiger partial charge in [-0.1, -0.05) is 133 Å². The SMILES string of the molecule is N#Cc1cccc(-c2ccc(-c3ccc(-c4c5ccc6ccccc6c5nc5c4ccc4ccccc45)cc3)cc2)c1. The number of hydrogen-bond donors (Lipinski definition) is 0. The van der Waals surface area contributed by atoms with E-state index in [1.54, 1.807) is 0 Å². The molecule has 0 fully saturated rings. The van der Waals surface area contributed by atoms with Crippen molar-refractivity contribution in [1.29, 1.82) is 5.26 Å². The zero-order valence-electron chi connectivity index (χ0n) is 22.8. The predicted octanol–water partition coefficient (Wildman–Crippen LogP) is 10.6. The van der Waals surface area contributed by atoms with Crippen LogP contribution in [0.2, 0.25) is 0 Å². The van der Waals surface area contributed by atoms with Crippen LogP contribution in [0.15, 0.2) is 146 Å². The molecule has 0 bridgehead atoms. The van der Waals surface area contributed by atoms with Crippen LogP contribution >= 0.6 is 0 Å². The van der Waals surface area contributed by atoms with Gasteiger partial charge in [0.05, 0.1) is 22.7 Å². The van der Waals surface area contributed by atoms with E-state index in [0.29, 0.717) is 5.56 Å². The molecule has 0 unspecified atom stereocenters. The monoisotopic (exact) mass is 532 g/mol. The van der Waals surface area contributed by atoms with E-state index in [1.807, 2.05) is 24.3 Å². The summed E-state index contributed by atoms with van der Waals surface area (Å²) in [6.07, 6.45) is 0. The van der Waals surface area contributed by atoms with Crippen molar-refractivity contribution in [1.82, 2.24) is 4.98 Å². The number of nitriles is 1. The van der Waals surface area contributed by atoms with Gasteiger partial charge in [0.15, 0.2) is 0 Å². The Morgan fingerprint density at radius 3 is 1.45 bits per heavy atom. The van der Waals surface area contributed by atoms with Crippen molar-refractivity contribution < 1.29 is 0 Å². The largest absolute Gasteiger partial charge is 0.246 e. The molecular formula is C40H24N2. The van der Waals surface area contributed by atoms with Crippen LogP contribution in [0.5, 0.6) is 0 Å². The second kappa shape index (κ2) is 9.70. The van der Waals surface area contributed by atoms with E-state index in [9.17, 15) is 5.26 Å². The van der Waals surface area contributed by atoms with Gasteiger partial charge in [-0.25, -0.2) is 4.98 Å². The first kappa shape index (κ1) is 24.1. The van der Waals surface area contributed by atoms with Gasteiger partial charge < -0.3 is 0 Å². The molecule has 0 aliphatic rings. The predicted molar refractivity (Wildman–Crippen MR) is 175 cm³/mol. The lowest BCUT2D eigenvalue weighted by Gasteiger charge is -2.15. The van der Waals surface area contributed by atoms with Gasteiger partial charge in [-0.3, -0.25) is 0 Å². The second-order valence-corrected chi connectivity index (χ2v) is 10.7. The van der Waals surface area contributed by atoms with E-state index in [-0.39, 0.29) is 0 Å². The Morgan fingerprint density at radius 1 is 0.405 bits per heavy atom. The molecule has 0 atom stereocenters. The molecule has 0 saturated heterocycles. The van der Waals surface area contributed by atoms with Crippen molar-refractivity contribution >= 4 is 43.4 Å². The molecule has 0 amide bonds. The summed E-state index contributed by atoms with van der Waals surface area (Å²) >= 11 is 0. The van der Waals surface area contributed by atoms with Crippen LogP contribution in [0, 0.1) is 11.3 Å². The summed E-state index contributed by atoms with van der Waals surface area (Å²) in [4.78, 5) is 5.31. The van der Waals surface area contributed by atoms with Crippen LogP contribution < -0.4 is 0 Å². The number of hydrogen-bond acceptors (Lipinski definition) is 2. The van der Waals surface area contributed by atoms with Crippen molar-refractivity contribution in [2.75, 3.05) is 0 Å². The summed E-state index contributed by atoms with van der Waals surface area (Å²) in [5.74, 6) is 0. The van der Waals surface area contributed by atoms with Gasteiger partial charge in [-0.15, -0.1) is 0 Å². The molecule has 8 aromatic rings. The molecule has 0 spiro atoms. The number of fused-ring (bicyclic) bond motifs is 6. The highest BCUT2D eigenvalue weighted by Crippen LogP contribution is 2.40. The van der Waals surface area contributed by atoms with Gasteiger partial charge in [0.25, 0.3) is 0 Å². The van der Waals surface area contributed by atoms with Crippen LogP contribution in [0.3, 0.4) is 0 Å². The molecule has 0 aliphatic carbocycles. The maximum Gasteiger partial charge on any atom is 0.0991 e. The average molecular weight is 533 g/mol. The molecule has 2 heteroatoms. The number of rotatable bonds is 3. The topological polar surface area (TPSA) is 36.7 Å². The second-order valence-electron chi connectivity index (χ2n) is 10.7. The first-order valence-electron chi connectivity index (χ1n) is 14.1. The number of benzene rings is 7. The molecule has 0 aliphatic heterocycles. The molecule has 1 heterocycles. The number of nitrogens with zero attached hydrogens (tertiary/aromatic N) is 2. The maximum absolute atomic E-state index is 9.26. The summed E-state index contributed by atoms with van der Waals surface area (Å²) in [6, 6.07) is 53.3. The molecule has 194 valence electrons. The Kier molecular flexibility index (Phi) is 5.55. The highest BCUT2D eigenvalue weighted by molar-refractivity contribution is 6.21. The van der Waals surface area contributed by atoms with E-state index >= 15 is 0 Å². The Morgan fingerprint density at radius 2 is 0.905 bits per heavy atom. The summed E-state index contributed by atoms with van der Waals surface area (Å²) < 4.78 is 0. The number of pyridine rings is 1. The third-order valence-corrected chi connectivity index (χ3v) is 8.28. The maximum atomic E-state index is 9.26. The van der Waals surface area contributed by atoms with Crippen LogP contribution in [0.4, 0.5) is 0 Å². The van der Waals surface area contributed by atoms with Crippen LogP contribution in [-0.4, -0.2) is 4.98 Å². The zero-order valence-corrected chi connectivity index (χ0v) is 22.8. The minimum absolute atomic E-state index is 0.671. The fraction of sp³-hybridized carbons (Fsp3) is 0. The first-order chi connectivity index (χ1) is 20.8. The van der Waals surface area contributed by atoms with E-state index < -0.39 is 0 Å². The molecular weight excluding hydrogens is 508 g/mol. The molecule has 42 heavy (non-hydrogen) atoms. The number of aromatic nitrogens is 1.